The van der Waals surface area contributed by atoms with Gasteiger partial charge in [-0.1, -0.05) is 6.07 Å². The van der Waals surface area contributed by atoms with Crippen molar-refractivity contribution in [3.8, 4) is 0 Å². The van der Waals surface area contributed by atoms with Gasteiger partial charge < -0.3 is 5.73 Å². The molecule has 0 radical (unpaired) electrons. The van der Waals surface area contributed by atoms with Gasteiger partial charge in [-0.3, -0.25) is 0 Å². The molecule has 1 aliphatic rings. The third-order valence-electron chi connectivity index (χ3n) is 3.95. The lowest BCUT2D eigenvalue weighted by atomic mass is 10.1. The van der Waals surface area contributed by atoms with E-state index in [1.165, 1.54) is 15.4 Å². The second kappa shape index (κ2) is 5.61. The molecule has 0 saturated carbocycles. The highest BCUT2D eigenvalue weighted by molar-refractivity contribution is 7.89. The molecule has 0 fully saturated rings. The molecule has 0 heterocycles. The molecule has 1 atom stereocenters. The summed E-state index contributed by atoms with van der Waals surface area (Å²) in [6.07, 6.45) is 3.84. The fourth-order valence-electron chi connectivity index (χ4n) is 2.53. The van der Waals surface area contributed by atoms with Gasteiger partial charge in [0, 0.05) is 13.1 Å². The number of hydrogen-bond acceptors (Lipinski definition) is 3. The molecule has 4 nitrogen and oxygen atoms in total. The molecule has 0 bridgehead atoms. The van der Waals surface area contributed by atoms with Gasteiger partial charge in [-0.25, -0.2) is 8.42 Å². The van der Waals surface area contributed by atoms with Crippen molar-refractivity contribution in [2.75, 3.05) is 13.6 Å². The van der Waals surface area contributed by atoms with Gasteiger partial charge in [-0.15, -0.1) is 0 Å². The lowest BCUT2D eigenvalue weighted by Gasteiger charge is -2.24. The number of rotatable bonds is 5. The van der Waals surface area contributed by atoms with Crippen molar-refractivity contribution in [3.63, 3.8) is 0 Å². The third-order valence-corrected chi connectivity index (χ3v) is 5.92. The number of nitrogens with two attached hydrogens (primary N) is 1. The van der Waals surface area contributed by atoms with Crippen LogP contribution in [0.1, 0.15) is 30.9 Å². The number of nitrogens with zero attached hydrogens (tertiary/aromatic N) is 1. The average molecular weight is 282 g/mol. The minimum atomic E-state index is -3.40. The van der Waals surface area contributed by atoms with Crippen LogP contribution in [0.2, 0.25) is 0 Å². The quantitative estimate of drug-likeness (QED) is 0.891. The maximum atomic E-state index is 12.5. The van der Waals surface area contributed by atoms with Gasteiger partial charge in [-0.05, 0) is 62.4 Å². The highest BCUT2D eigenvalue weighted by atomic mass is 32.2. The Hall–Kier alpha value is -0.910. The van der Waals surface area contributed by atoms with Crippen LogP contribution in [0.15, 0.2) is 23.1 Å². The zero-order chi connectivity index (χ0) is 14.0. The summed E-state index contributed by atoms with van der Waals surface area (Å²) in [5.74, 6) is 0. The van der Waals surface area contributed by atoms with Crippen molar-refractivity contribution in [3.05, 3.63) is 29.3 Å². The standard InChI is InChI=1S/C14H22N2O2S/c1-11(8-9-15)16(2)19(17,18)14-7-6-12-4-3-5-13(12)10-14/h6-7,10-11H,3-5,8-9,15H2,1-2H3. The van der Waals surface area contributed by atoms with Gasteiger partial charge in [-0.2, -0.15) is 4.31 Å². The van der Waals surface area contributed by atoms with Gasteiger partial charge >= 0.3 is 0 Å². The third kappa shape index (κ3) is 2.83. The van der Waals surface area contributed by atoms with E-state index < -0.39 is 10.0 Å². The van der Waals surface area contributed by atoms with E-state index in [-0.39, 0.29) is 6.04 Å². The largest absolute Gasteiger partial charge is 0.330 e. The first kappa shape index (κ1) is 14.5. The summed E-state index contributed by atoms with van der Waals surface area (Å²) in [5, 5.41) is 0. The number of aryl methyl sites for hydroxylation is 2. The van der Waals surface area contributed by atoms with Crippen LogP contribution < -0.4 is 5.73 Å². The highest BCUT2D eigenvalue weighted by Crippen LogP contribution is 2.26. The minimum Gasteiger partial charge on any atom is -0.330 e. The average Bonchev–Trinajstić information content (AvgIpc) is 2.85. The van der Waals surface area contributed by atoms with E-state index >= 15 is 0 Å². The predicted octanol–water partition coefficient (Wildman–Crippen LogP) is 1.53. The fourth-order valence-corrected chi connectivity index (χ4v) is 3.98. The fraction of sp³-hybridized carbons (Fsp3) is 0.571. The molecule has 2 rings (SSSR count). The van der Waals surface area contributed by atoms with Crippen molar-refractivity contribution in [2.45, 2.75) is 43.5 Å². The van der Waals surface area contributed by atoms with Gasteiger partial charge in [0.25, 0.3) is 0 Å². The summed E-state index contributed by atoms with van der Waals surface area (Å²) in [6, 6.07) is 5.44. The van der Waals surface area contributed by atoms with Crippen LogP contribution >= 0.6 is 0 Å². The first-order valence-corrected chi connectivity index (χ1v) is 8.20. The van der Waals surface area contributed by atoms with Crippen molar-refractivity contribution in [1.82, 2.24) is 4.31 Å². The van der Waals surface area contributed by atoms with E-state index in [9.17, 15) is 8.42 Å². The molecule has 1 aromatic rings. The molecule has 1 unspecified atom stereocenters. The Morgan fingerprint density at radius 2 is 2.00 bits per heavy atom. The molecule has 5 heteroatoms. The molecule has 1 aliphatic carbocycles. The topological polar surface area (TPSA) is 63.4 Å². The SMILES string of the molecule is CC(CCN)N(C)S(=O)(=O)c1ccc2c(c1)CCC2. The van der Waals surface area contributed by atoms with E-state index in [2.05, 4.69) is 0 Å². The van der Waals surface area contributed by atoms with Crippen LogP contribution in [-0.2, 0) is 22.9 Å². The number of benzene rings is 1. The van der Waals surface area contributed by atoms with Crippen molar-refractivity contribution < 1.29 is 8.42 Å². The van der Waals surface area contributed by atoms with Gasteiger partial charge in [0.1, 0.15) is 0 Å². The Kier molecular flexibility index (Phi) is 4.28. The zero-order valence-electron chi connectivity index (χ0n) is 11.6. The first-order valence-electron chi connectivity index (χ1n) is 6.76. The Morgan fingerprint density at radius 3 is 2.68 bits per heavy atom. The Bertz CT molecular complexity index is 555. The minimum absolute atomic E-state index is 0.0803. The molecule has 0 saturated heterocycles. The number of fused-ring (bicyclic) bond motifs is 1. The van der Waals surface area contributed by atoms with Gasteiger partial charge in [0.05, 0.1) is 4.90 Å². The summed E-state index contributed by atoms with van der Waals surface area (Å²) >= 11 is 0. The second-order valence-corrected chi connectivity index (χ2v) is 7.23. The van der Waals surface area contributed by atoms with E-state index in [1.54, 1.807) is 13.1 Å². The molecule has 106 valence electrons. The predicted molar refractivity (Wildman–Crippen MR) is 76.5 cm³/mol. The van der Waals surface area contributed by atoms with E-state index in [4.69, 9.17) is 5.73 Å². The normalized spacial score (nSPS) is 16.6. The molecular weight excluding hydrogens is 260 g/mol. The summed E-state index contributed by atoms with van der Waals surface area (Å²) in [7, 11) is -1.78. The summed E-state index contributed by atoms with van der Waals surface area (Å²) in [4.78, 5) is 0.402. The van der Waals surface area contributed by atoms with E-state index in [0.717, 1.165) is 19.3 Å². The van der Waals surface area contributed by atoms with Crippen molar-refractivity contribution in [2.24, 2.45) is 5.73 Å². The lowest BCUT2D eigenvalue weighted by Crippen LogP contribution is -2.36. The number of sulfonamides is 1. The molecule has 0 spiro atoms. The van der Waals surface area contributed by atoms with Crippen LogP contribution in [-0.4, -0.2) is 32.4 Å². The first-order chi connectivity index (χ1) is 8.96. The van der Waals surface area contributed by atoms with Crippen LogP contribution in [0.25, 0.3) is 0 Å². The Labute approximate surface area is 115 Å². The van der Waals surface area contributed by atoms with E-state index in [0.29, 0.717) is 17.9 Å². The van der Waals surface area contributed by atoms with Crippen LogP contribution in [0.4, 0.5) is 0 Å². The molecule has 0 aliphatic heterocycles. The zero-order valence-corrected chi connectivity index (χ0v) is 12.4. The summed E-state index contributed by atoms with van der Waals surface area (Å²) < 4.78 is 26.5. The molecule has 1 aromatic carbocycles. The molecular formula is C14H22N2O2S. The van der Waals surface area contributed by atoms with Gasteiger partial charge in [0.2, 0.25) is 10.0 Å². The second-order valence-electron chi connectivity index (χ2n) is 5.23. The maximum absolute atomic E-state index is 12.5. The monoisotopic (exact) mass is 282 g/mol. The summed E-state index contributed by atoms with van der Waals surface area (Å²) in [6.45, 7) is 2.38. The maximum Gasteiger partial charge on any atom is 0.243 e. The Morgan fingerprint density at radius 1 is 1.32 bits per heavy atom. The van der Waals surface area contributed by atoms with Gasteiger partial charge in [0.15, 0.2) is 0 Å². The van der Waals surface area contributed by atoms with Crippen molar-refractivity contribution >= 4 is 10.0 Å². The number of hydrogen-bond donors (Lipinski definition) is 1. The smallest absolute Gasteiger partial charge is 0.243 e. The molecule has 19 heavy (non-hydrogen) atoms. The lowest BCUT2D eigenvalue weighted by molar-refractivity contribution is 0.374. The van der Waals surface area contributed by atoms with Crippen molar-refractivity contribution in [1.29, 1.82) is 0 Å². The Balaban J connectivity index is 2.29. The van der Waals surface area contributed by atoms with E-state index in [1.807, 2.05) is 19.1 Å². The highest BCUT2D eigenvalue weighted by Gasteiger charge is 2.26. The van der Waals surface area contributed by atoms with Crippen LogP contribution in [0.3, 0.4) is 0 Å². The van der Waals surface area contributed by atoms with Crippen LogP contribution in [0, 0.1) is 0 Å². The molecule has 2 N–H and O–H groups in total. The molecule has 0 aromatic heterocycles. The molecule has 0 amide bonds. The van der Waals surface area contributed by atoms with Crippen LogP contribution in [0.5, 0.6) is 0 Å². The summed E-state index contributed by atoms with van der Waals surface area (Å²) in [5.41, 5.74) is 7.97.